The number of hydrogen-bond donors (Lipinski definition) is 2. The minimum atomic E-state index is -0.831. The van der Waals surface area contributed by atoms with Gasteiger partial charge in [0.2, 0.25) is 0 Å². The predicted molar refractivity (Wildman–Crippen MR) is 64.8 cm³/mol. The Kier molecular flexibility index (Phi) is 5.00. The van der Waals surface area contributed by atoms with Crippen LogP contribution < -0.4 is 5.32 Å². The van der Waals surface area contributed by atoms with Crippen LogP contribution in [0.2, 0.25) is 0 Å². The molecule has 0 radical (unpaired) electrons. The lowest BCUT2D eigenvalue weighted by molar-refractivity contribution is -0.137. The zero-order valence-electron chi connectivity index (χ0n) is 10.4. The largest absolute Gasteiger partial charge is 0.481 e. The summed E-state index contributed by atoms with van der Waals surface area (Å²) in [6, 6.07) is -0.211. The first-order valence-electron chi connectivity index (χ1n) is 5.92. The topological polar surface area (TPSA) is 69.6 Å². The van der Waals surface area contributed by atoms with Crippen LogP contribution in [0.1, 0.15) is 33.1 Å². The lowest BCUT2D eigenvalue weighted by Crippen LogP contribution is -2.45. The van der Waals surface area contributed by atoms with Crippen LogP contribution in [0, 0.1) is 0 Å². The molecule has 1 rings (SSSR count). The molecular formula is C12H20N2O3. The summed E-state index contributed by atoms with van der Waals surface area (Å²) in [5, 5.41) is 11.4. The van der Waals surface area contributed by atoms with Gasteiger partial charge in [-0.05, 0) is 26.7 Å². The van der Waals surface area contributed by atoms with Crippen LogP contribution in [0.25, 0.3) is 0 Å². The zero-order chi connectivity index (χ0) is 12.8. The highest BCUT2D eigenvalue weighted by Gasteiger charge is 2.17. The van der Waals surface area contributed by atoms with Crippen molar-refractivity contribution in [2.75, 3.05) is 13.1 Å². The van der Waals surface area contributed by atoms with Gasteiger partial charge in [0.1, 0.15) is 0 Å². The van der Waals surface area contributed by atoms with Crippen LogP contribution in [0.3, 0.4) is 0 Å². The average Bonchev–Trinajstić information content (AvgIpc) is 2.27. The van der Waals surface area contributed by atoms with Crippen molar-refractivity contribution in [1.82, 2.24) is 10.2 Å². The molecule has 2 amide bonds. The van der Waals surface area contributed by atoms with Gasteiger partial charge >= 0.3 is 12.0 Å². The normalized spacial score (nSPS) is 17.3. The minimum absolute atomic E-state index is 0.0838. The third-order valence-electron chi connectivity index (χ3n) is 2.88. The van der Waals surface area contributed by atoms with Crippen molar-refractivity contribution in [2.24, 2.45) is 0 Å². The van der Waals surface area contributed by atoms with E-state index in [1.165, 1.54) is 5.57 Å². The quantitative estimate of drug-likeness (QED) is 0.733. The molecule has 0 aliphatic carbocycles. The molecule has 0 spiro atoms. The Morgan fingerprint density at radius 3 is 2.82 bits per heavy atom. The van der Waals surface area contributed by atoms with E-state index in [-0.39, 0.29) is 18.5 Å². The number of carbonyl (C=O) groups is 2. The maximum Gasteiger partial charge on any atom is 0.317 e. The number of carboxylic acid groups (broad SMARTS) is 1. The molecule has 1 unspecified atom stereocenters. The first-order chi connectivity index (χ1) is 7.99. The van der Waals surface area contributed by atoms with E-state index in [1.54, 1.807) is 4.90 Å². The number of nitrogens with one attached hydrogen (secondary N) is 1. The van der Waals surface area contributed by atoms with Gasteiger partial charge in [-0.1, -0.05) is 11.6 Å². The standard InChI is InChI=1S/C12H20N2O3/c1-9-5-7-14(8-6-9)12(17)13-10(2)3-4-11(15)16/h5,10H,3-4,6-8H2,1-2H3,(H,13,17)(H,15,16). The van der Waals surface area contributed by atoms with Crippen molar-refractivity contribution < 1.29 is 14.7 Å². The van der Waals surface area contributed by atoms with E-state index in [0.717, 1.165) is 13.0 Å². The van der Waals surface area contributed by atoms with E-state index >= 15 is 0 Å². The lowest BCUT2D eigenvalue weighted by Gasteiger charge is -2.27. The lowest BCUT2D eigenvalue weighted by atomic mass is 10.1. The number of aliphatic carboxylic acids is 1. The van der Waals surface area contributed by atoms with Gasteiger partial charge in [0.05, 0.1) is 0 Å². The molecule has 2 N–H and O–H groups in total. The molecule has 0 saturated carbocycles. The molecule has 1 aliphatic heterocycles. The van der Waals surface area contributed by atoms with Gasteiger partial charge in [-0.25, -0.2) is 4.79 Å². The third kappa shape index (κ3) is 4.89. The monoisotopic (exact) mass is 240 g/mol. The highest BCUT2D eigenvalue weighted by molar-refractivity contribution is 5.75. The Morgan fingerprint density at radius 2 is 2.29 bits per heavy atom. The van der Waals surface area contributed by atoms with Gasteiger partial charge in [-0.2, -0.15) is 0 Å². The van der Waals surface area contributed by atoms with E-state index in [1.807, 2.05) is 13.0 Å². The molecule has 1 heterocycles. The Hall–Kier alpha value is -1.52. The van der Waals surface area contributed by atoms with Crippen LogP contribution in [0.4, 0.5) is 4.79 Å². The molecule has 96 valence electrons. The molecule has 0 aromatic heterocycles. The van der Waals surface area contributed by atoms with Crippen molar-refractivity contribution in [3.05, 3.63) is 11.6 Å². The van der Waals surface area contributed by atoms with Crippen molar-refractivity contribution in [1.29, 1.82) is 0 Å². The fourth-order valence-corrected chi connectivity index (χ4v) is 1.67. The molecule has 17 heavy (non-hydrogen) atoms. The molecule has 1 atom stereocenters. The van der Waals surface area contributed by atoms with Crippen molar-refractivity contribution >= 4 is 12.0 Å². The van der Waals surface area contributed by atoms with Gasteiger partial charge in [-0.3, -0.25) is 4.79 Å². The van der Waals surface area contributed by atoms with E-state index < -0.39 is 5.97 Å². The van der Waals surface area contributed by atoms with Gasteiger partial charge in [-0.15, -0.1) is 0 Å². The van der Waals surface area contributed by atoms with E-state index in [4.69, 9.17) is 5.11 Å². The minimum Gasteiger partial charge on any atom is -0.481 e. The maximum atomic E-state index is 11.8. The van der Waals surface area contributed by atoms with E-state index in [0.29, 0.717) is 13.0 Å². The fraction of sp³-hybridized carbons (Fsp3) is 0.667. The second-order valence-corrected chi connectivity index (χ2v) is 4.53. The number of carbonyl (C=O) groups excluding carboxylic acids is 1. The molecule has 0 aromatic carbocycles. The number of amides is 2. The summed E-state index contributed by atoms with van der Waals surface area (Å²) in [5.74, 6) is -0.831. The number of hydrogen-bond acceptors (Lipinski definition) is 2. The summed E-state index contributed by atoms with van der Waals surface area (Å²) in [6.45, 7) is 5.26. The molecule has 1 aliphatic rings. The molecule has 0 aromatic rings. The number of rotatable bonds is 4. The SMILES string of the molecule is CC1=CCN(C(=O)NC(C)CCC(=O)O)CC1. The second kappa shape index (κ2) is 6.27. The Labute approximate surface area is 101 Å². The van der Waals surface area contributed by atoms with Crippen LogP contribution in [0.5, 0.6) is 0 Å². The Bertz CT molecular complexity index is 326. The summed E-state index contributed by atoms with van der Waals surface area (Å²) in [7, 11) is 0. The molecule has 5 heteroatoms. The van der Waals surface area contributed by atoms with Gasteiger partial charge in [0.25, 0.3) is 0 Å². The van der Waals surface area contributed by atoms with Gasteiger partial charge in [0, 0.05) is 25.6 Å². The molecule has 0 bridgehead atoms. The maximum absolute atomic E-state index is 11.8. The first-order valence-corrected chi connectivity index (χ1v) is 5.92. The Balaban J connectivity index is 2.31. The molecule has 5 nitrogen and oxygen atoms in total. The first kappa shape index (κ1) is 13.5. The summed E-state index contributed by atoms with van der Waals surface area (Å²) >= 11 is 0. The smallest absolute Gasteiger partial charge is 0.317 e. The fourth-order valence-electron chi connectivity index (χ4n) is 1.67. The Morgan fingerprint density at radius 1 is 1.59 bits per heavy atom. The zero-order valence-corrected chi connectivity index (χ0v) is 10.4. The molecular weight excluding hydrogens is 220 g/mol. The van der Waals surface area contributed by atoms with Crippen LogP contribution in [-0.2, 0) is 4.79 Å². The summed E-state index contributed by atoms with van der Waals surface area (Å²) in [4.78, 5) is 23.9. The highest BCUT2D eigenvalue weighted by Crippen LogP contribution is 2.09. The number of nitrogens with zero attached hydrogens (tertiary/aromatic N) is 1. The third-order valence-corrected chi connectivity index (χ3v) is 2.88. The number of carboxylic acids is 1. The van der Waals surface area contributed by atoms with Gasteiger partial charge in [0.15, 0.2) is 0 Å². The van der Waals surface area contributed by atoms with E-state index in [2.05, 4.69) is 12.2 Å². The summed E-state index contributed by atoms with van der Waals surface area (Å²) in [6.07, 6.45) is 3.51. The van der Waals surface area contributed by atoms with Crippen LogP contribution >= 0.6 is 0 Å². The van der Waals surface area contributed by atoms with Crippen LogP contribution in [-0.4, -0.2) is 41.1 Å². The van der Waals surface area contributed by atoms with Crippen molar-refractivity contribution in [3.8, 4) is 0 Å². The summed E-state index contributed by atoms with van der Waals surface area (Å²) in [5.41, 5.74) is 1.31. The number of urea groups is 1. The van der Waals surface area contributed by atoms with Crippen molar-refractivity contribution in [2.45, 2.75) is 39.2 Å². The predicted octanol–water partition coefficient (Wildman–Crippen LogP) is 1.60. The average molecular weight is 240 g/mol. The van der Waals surface area contributed by atoms with Crippen LogP contribution in [0.15, 0.2) is 11.6 Å². The molecule has 0 fully saturated rings. The molecule has 0 saturated heterocycles. The highest BCUT2D eigenvalue weighted by atomic mass is 16.4. The van der Waals surface area contributed by atoms with Gasteiger partial charge < -0.3 is 15.3 Å². The van der Waals surface area contributed by atoms with Crippen molar-refractivity contribution in [3.63, 3.8) is 0 Å². The van der Waals surface area contributed by atoms with E-state index in [9.17, 15) is 9.59 Å². The second-order valence-electron chi connectivity index (χ2n) is 4.53. The summed E-state index contributed by atoms with van der Waals surface area (Å²) < 4.78 is 0.